The Labute approximate surface area is 276 Å². The van der Waals surface area contributed by atoms with E-state index in [4.69, 9.17) is 22.1 Å². The summed E-state index contributed by atoms with van der Waals surface area (Å²) in [5, 5.41) is 9.41. The summed E-state index contributed by atoms with van der Waals surface area (Å²) < 4.78 is 63.3. The van der Waals surface area contributed by atoms with E-state index >= 15 is 9.13 Å². The van der Waals surface area contributed by atoms with Gasteiger partial charge in [0.15, 0.2) is 16.6 Å². The van der Waals surface area contributed by atoms with Crippen molar-refractivity contribution in [3.05, 3.63) is 28.8 Å². The minimum Gasteiger partial charge on any atom is -0.520 e. The third kappa shape index (κ3) is 11.0. The molecule has 2 atom stereocenters. The lowest BCUT2D eigenvalue weighted by atomic mass is 9.78. The Bertz CT molecular complexity index is 1240. The van der Waals surface area contributed by atoms with Gasteiger partial charge in [0.2, 0.25) is 15.7 Å². The highest BCUT2D eigenvalue weighted by Crippen LogP contribution is 2.83. The monoisotopic (exact) mass is 724 g/mol. The van der Waals surface area contributed by atoms with Crippen molar-refractivity contribution in [3.63, 3.8) is 0 Å². The summed E-state index contributed by atoms with van der Waals surface area (Å²) in [6.07, 6.45) is -0.538. The van der Waals surface area contributed by atoms with Crippen molar-refractivity contribution in [1.82, 2.24) is 0 Å². The molecule has 0 radical (unpaired) electrons. The van der Waals surface area contributed by atoms with Crippen molar-refractivity contribution in [2.75, 3.05) is 19.4 Å². The molecule has 0 bridgehead atoms. The van der Waals surface area contributed by atoms with Crippen LogP contribution in [0.25, 0.3) is 0 Å². The molecule has 1 aromatic carbocycles. The third-order valence-corrected chi connectivity index (χ3v) is 17.9. The molecule has 1 aromatic rings. The molecular formula is C31H62O9P2Si3. The first kappa shape index (κ1) is 42.5. The largest absolute Gasteiger partial charge is 0.520 e. The van der Waals surface area contributed by atoms with Crippen molar-refractivity contribution in [2.24, 2.45) is 0 Å². The number of benzene rings is 1. The molecule has 2 unspecified atom stereocenters. The summed E-state index contributed by atoms with van der Waals surface area (Å²) in [4.78, 5) is 13.2. The van der Waals surface area contributed by atoms with Crippen LogP contribution in [-0.4, -0.2) is 55.4 Å². The fourth-order valence-corrected chi connectivity index (χ4v) is 19.2. The molecule has 45 heavy (non-hydrogen) atoms. The first-order chi connectivity index (χ1) is 19.9. The van der Waals surface area contributed by atoms with Crippen molar-refractivity contribution in [2.45, 2.75) is 137 Å². The third-order valence-electron chi connectivity index (χ3n) is 6.43. The zero-order valence-corrected chi connectivity index (χ0v) is 35.9. The molecule has 0 saturated heterocycles. The predicted octanol–water partition coefficient (Wildman–Crippen LogP) is 10.1. The van der Waals surface area contributed by atoms with Gasteiger partial charge in [-0.05, 0) is 107 Å². The molecule has 262 valence electrons. The van der Waals surface area contributed by atoms with E-state index in [0.29, 0.717) is 11.1 Å². The van der Waals surface area contributed by atoms with Gasteiger partial charge in [0, 0.05) is 11.7 Å². The fraction of sp³-hybridized carbons (Fsp3) is 0.774. The van der Waals surface area contributed by atoms with Gasteiger partial charge in [-0.3, -0.25) is 13.9 Å². The smallest absolute Gasteiger partial charge is 0.375 e. The standard InChI is InChI=1S/C31H62O9P2Si3/c1-18-36-42(35,37-19-2)31(39-44(12,13)14,24-22-25(29(3,4)5)28(33)26(23-24)30(6,7)8)41(34,40-45(15,16)17)21-20-27(32)38-43(9,10)11/h22-23,33H,18-21H2,1-17H3. The molecule has 0 aromatic heterocycles. The lowest BCUT2D eigenvalue weighted by Gasteiger charge is -2.48. The summed E-state index contributed by atoms with van der Waals surface area (Å²) in [6.45, 7) is 32.3. The second kappa shape index (κ2) is 14.5. The Morgan fingerprint density at radius 3 is 1.49 bits per heavy atom. The lowest BCUT2D eigenvalue weighted by molar-refractivity contribution is -0.134. The normalized spacial score (nSPS) is 16.6. The number of phenolic OH excluding ortho intramolecular Hbond substituents is 1. The van der Waals surface area contributed by atoms with E-state index in [1.165, 1.54) is 0 Å². The Kier molecular flexibility index (Phi) is 13.7. The van der Waals surface area contributed by atoms with E-state index in [9.17, 15) is 9.90 Å². The maximum Gasteiger partial charge on any atom is 0.375 e. The number of carbonyl (C=O) groups is 1. The summed E-state index contributed by atoms with van der Waals surface area (Å²) in [5.74, 6) is -0.405. The van der Waals surface area contributed by atoms with Gasteiger partial charge in [-0.2, -0.15) is 0 Å². The zero-order valence-electron chi connectivity index (χ0n) is 31.1. The summed E-state index contributed by atoms with van der Waals surface area (Å²) in [5.41, 5.74) is 0.257. The van der Waals surface area contributed by atoms with Gasteiger partial charge in [0.05, 0.1) is 19.6 Å². The van der Waals surface area contributed by atoms with Crippen LogP contribution < -0.4 is 0 Å². The Morgan fingerprint density at radius 1 is 0.756 bits per heavy atom. The van der Waals surface area contributed by atoms with Gasteiger partial charge >= 0.3 is 7.60 Å². The van der Waals surface area contributed by atoms with Crippen LogP contribution in [0.1, 0.15) is 78.5 Å². The lowest BCUT2D eigenvalue weighted by Crippen LogP contribution is -2.45. The zero-order chi connectivity index (χ0) is 35.7. The van der Waals surface area contributed by atoms with Gasteiger partial charge in [-0.25, -0.2) is 0 Å². The average Bonchev–Trinajstić information content (AvgIpc) is 2.77. The second-order valence-corrected chi connectivity index (χ2v) is 35.2. The van der Waals surface area contributed by atoms with E-state index in [-0.39, 0.29) is 37.1 Å². The SMILES string of the molecule is CCOP(=O)(OCC)C(O[Si](C)(C)C)(c1cc(C(C)(C)C)c(O)c(C(C)(C)C)c1)P(=O)(CCC(=O)O[Si](C)(C)C)O[Si](C)(C)C. The van der Waals surface area contributed by atoms with Gasteiger partial charge < -0.3 is 27.2 Å². The van der Waals surface area contributed by atoms with Gasteiger partial charge in [0.1, 0.15) is 5.75 Å². The fourth-order valence-electron chi connectivity index (χ4n) is 5.00. The van der Waals surface area contributed by atoms with E-state index in [1.54, 1.807) is 26.0 Å². The Morgan fingerprint density at radius 2 is 1.18 bits per heavy atom. The van der Waals surface area contributed by atoms with Gasteiger partial charge in [-0.15, -0.1) is 0 Å². The van der Waals surface area contributed by atoms with Crippen molar-refractivity contribution < 1.29 is 41.1 Å². The molecule has 0 amide bonds. The molecule has 0 aliphatic heterocycles. The summed E-state index contributed by atoms with van der Waals surface area (Å²) in [6, 6.07) is 3.44. The molecule has 9 nitrogen and oxygen atoms in total. The highest BCUT2D eigenvalue weighted by Gasteiger charge is 2.68. The highest BCUT2D eigenvalue weighted by molar-refractivity contribution is 7.76. The average molecular weight is 725 g/mol. The van der Waals surface area contributed by atoms with Crippen LogP contribution in [0.4, 0.5) is 0 Å². The maximum absolute atomic E-state index is 16.1. The van der Waals surface area contributed by atoms with Crippen LogP contribution in [0, 0.1) is 0 Å². The van der Waals surface area contributed by atoms with Crippen molar-refractivity contribution >= 4 is 45.9 Å². The Balaban J connectivity index is 4.67. The van der Waals surface area contributed by atoms with Gasteiger partial charge in [-0.1, -0.05) is 41.5 Å². The molecule has 1 rings (SSSR count). The highest BCUT2D eigenvalue weighted by atomic mass is 31.2. The maximum atomic E-state index is 16.1. The number of carbonyl (C=O) groups excluding carboxylic acids is 1. The van der Waals surface area contributed by atoms with Crippen LogP contribution in [0.3, 0.4) is 0 Å². The molecule has 0 fully saturated rings. The molecular weight excluding hydrogens is 663 g/mol. The van der Waals surface area contributed by atoms with Crippen LogP contribution >= 0.6 is 15.0 Å². The van der Waals surface area contributed by atoms with Crippen molar-refractivity contribution in [1.29, 1.82) is 0 Å². The minimum absolute atomic E-state index is 0.0188. The number of hydrogen-bond donors (Lipinski definition) is 1. The molecule has 0 aliphatic rings. The summed E-state index contributed by atoms with van der Waals surface area (Å²) >= 11 is 0. The minimum atomic E-state index is -4.53. The number of aromatic hydroxyl groups is 1. The van der Waals surface area contributed by atoms with Crippen LogP contribution in [0.2, 0.25) is 58.9 Å². The molecule has 0 aliphatic carbocycles. The van der Waals surface area contributed by atoms with Gasteiger partial charge in [0.25, 0.3) is 11.1 Å². The molecule has 0 spiro atoms. The van der Waals surface area contributed by atoms with Crippen LogP contribution in [-0.2, 0) is 52.0 Å². The number of phenols is 1. The molecule has 0 heterocycles. The summed E-state index contributed by atoms with van der Waals surface area (Å²) in [7, 11) is -16.7. The molecule has 14 heteroatoms. The van der Waals surface area contributed by atoms with E-state index < -0.39 is 61.8 Å². The van der Waals surface area contributed by atoms with E-state index in [1.807, 2.05) is 100 Å². The molecule has 1 N–H and O–H groups in total. The van der Waals surface area contributed by atoms with Crippen LogP contribution in [0.5, 0.6) is 5.75 Å². The topological polar surface area (TPSA) is 118 Å². The number of rotatable bonds is 15. The number of hydrogen-bond acceptors (Lipinski definition) is 9. The van der Waals surface area contributed by atoms with Crippen molar-refractivity contribution in [3.8, 4) is 5.75 Å². The van der Waals surface area contributed by atoms with Crippen LogP contribution in [0.15, 0.2) is 12.1 Å². The second-order valence-electron chi connectivity index (χ2n) is 16.5. The Hall–Kier alpha value is -0.559. The van der Waals surface area contributed by atoms with E-state index in [2.05, 4.69) is 0 Å². The predicted molar refractivity (Wildman–Crippen MR) is 193 cm³/mol. The first-order valence-corrected chi connectivity index (χ1v) is 29.5. The molecule has 0 saturated carbocycles. The quantitative estimate of drug-likeness (QED) is 0.139. The first-order valence-electron chi connectivity index (χ1n) is 15.9. The van der Waals surface area contributed by atoms with E-state index in [0.717, 1.165) is 0 Å².